The van der Waals surface area contributed by atoms with Crippen molar-refractivity contribution in [3.8, 4) is 0 Å². The highest BCUT2D eigenvalue weighted by Gasteiger charge is 2.16. The zero-order valence-corrected chi connectivity index (χ0v) is 10.5. The minimum Gasteiger partial charge on any atom is -0.396 e. The van der Waals surface area contributed by atoms with E-state index < -0.39 is 17.7 Å². The summed E-state index contributed by atoms with van der Waals surface area (Å²) in [5.41, 5.74) is 0.0627. The molecule has 1 rings (SSSR count). The van der Waals surface area contributed by atoms with E-state index in [1.165, 1.54) is 6.07 Å². The fourth-order valence-electron chi connectivity index (χ4n) is 1.54. The molecule has 0 bridgehead atoms. The molecule has 0 saturated heterocycles. The Kier molecular flexibility index (Phi) is 5.65. The van der Waals surface area contributed by atoms with E-state index in [-0.39, 0.29) is 30.7 Å². The number of benzene rings is 1. The lowest BCUT2D eigenvalue weighted by atomic mass is 10.0. The van der Waals surface area contributed by atoms with Crippen LogP contribution in [0.2, 0.25) is 0 Å². The Balaban J connectivity index is 2.57. The van der Waals surface area contributed by atoms with Gasteiger partial charge in [-0.25, -0.2) is 8.78 Å². The summed E-state index contributed by atoms with van der Waals surface area (Å²) in [6, 6.07) is 3.09. The predicted octanol–water partition coefficient (Wildman–Crippen LogP) is 1.60. The van der Waals surface area contributed by atoms with Gasteiger partial charge < -0.3 is 15.5 Å². The molecule has 3 nitrogen and oxygen atoms in total. The number of nitrogens with one attached hydrogen (secondary N) is 1. The standard InChI is InChI=1S/C13H19F2NO2/c1-8(7-17)9(2)16-6-13(18)11-4-3-10(14)5-12(11)15/h3-5,8-9,13,16-18H,6-7H2,1-2H3. The van der Waals surface area contributed by atoms with Crippen molar-refractivity contribution in [3.63, 3.8) is 0 Å². The monoisotopic (exact) mass is 259 g/mol. The van der Waals surface area contributed by atoms with Crippen molar-refractivity contribution in [2.24, 2.45) is 5.92 Å². The van der Waals surface area contributed by atoms with Crippen LogP contribution in [0, 0.1) is 17.6 Å². The minimum atomic E-state index is -1.04. The van der Waals surface area contributed by atoms with E-state index in [9.17, 15) is 13.9 Å². The second kappa shape index (κ2) is 6.78. The quantitative estimate of drug-likeness (QED) is 0.727. The normalized spacial score (nSPS) is 16.3. The Morgan fingerprint density at radius 2 is 1.94 bits per heavy atom. The average molecular weight is 259 g/mol. The van der Waals surface area contributed by atoms with Crippen LogP contribution in [0.3, 0.4) is 0 Å². The molecule has 0 radical (unpaired) electrons. The Hall–Kier alpha value is -1.04. The van der Waals surface area contributed by atoms with E-state index in [4.69, 9.17) is 5.11 Å². The fraction of sp³-hybridized carbons (Fsp3) is 0.538. The Labute approximate surface area is 105 Å². The van der Waals surface area contributed by atoms with Crippen LogP contribution >= 0.6 is 0 Å². The second-order valence-electron chi connectivity index (χ2n) is 4.54. The van der Waals surface area contributed by atoms with E-state index in [1.807, 2.05) is 13.8 Å². The molecule has 102 valence electrons. The van der Waals surface area contributed by atoms with E-state index in [2.05, 4.69) is 5.32 Å². The molecule has 0 aliphatic rings. The summed E-state index contributed by atoms with van der Waals surface area (Å²) in [5.74, 6) is -1.39. The summed E-state index contributed by atoms with van der Waals surface area (Å²) in [5, 5.41) is 21.8. The van der Waals surface area contributed by atoms with Crippen LogP contribution < -0.4 is 5.32 Å². The maximum atomic E-state index is 13.4. The van der Waals surface area contributed by atoms with E-state index in [0.29, 0.717) is 0 Å². The maximum Gasteiger partial charge on any atom is 0.131 e. The molecule has 3 unspecified atom stereocenters. The maximum absolute atomic E-state index is 13.4. The van der Waals surface area contributed by atoms with Gasteiger partial charge in [0.15, 0.2) is 0 Å². The minimum absolute atomic E-state index is 0.00633. The summed E-state index contributed by atoms with van der Waals surface area (Å²) < 4.78 is 26.1. The first-order valence-corrected chi connectivity index (χ1v) is 5.93. The lowest BCUT2D eigenvalue weighted by molar-refractivity contribution is 0.151. The summed E-state index contributed by atoms with van der Waals surface area (Å²) in [6.07, 6.45) is -1.04. The van der Waals surface area contributed by atoms with Crippen LogP contribution in [0.5, 0.6) is 0 Å². The third-order valence-corrected chi connectivity index (χ3v) is 3.10. The Bertz CT molecular complexity index is 387. The lowest BCUT2D eigenvalue weighted by Gasteiger charge is -2.21. The molecule has 1 aromatic carbocycles. The molecule has 0 aromatic heterocycles. The number of hydrogen-bond acceptors (Lipinski definition) is 3. The first-order valence-electron chi connectivity index (χ1n) is 5.93. The molecular formula is C13H19F2NO2. The Morgan fingerprint density at radius 3 is 2.50 bits per heavy atom. The van der Waals surface area contributed by atoms with Gasteiger partial charge in [0, 0.05) is 30.8 Å². The smallest absolute Gasteiger partial charge is 0.131 e. The van der Waals surface area contributed by atoms with Crippen molar-refractivity contribution in [1.29, 1.82) is 0 Å². The highest BCUT2D eigenvalue weighted by Crippen LogP contribution is 2.17. The van der Waals surface area contributed by atoms with Gasteiger partial charge in [-0.05, 0) is 18.9 Å². The number of halogens is 2. The molecule has 5 heteroatoms. The summed E-state index contributed by atoms with van der Waals surface area (Å²) in [4.78, 5) is 0. The molecule has 18 heavy (non-hydrogen) atoms. The predicted molar refractivity (Wildman–Crippen MR) is 65.0 cm³/mol. The second-order valence-corrected chi connectivity index (χ2v) is 4.54. The van der Waals surface area contributed by atoms with Crippen LogP contribution in [0.4, 0.5) is 8.78 Å². The highest BCUT2D eigenvalue weighted by molar-refractivity contribution is 5.21. The molecule has 1 aromatic rings. The molecule has 0 spiro atoms. The summed E-state index contributed by atoms with van der Waals surface area (Å²) in [7, 11) is 0. The molecule has 3 N–H and O–H groups in total. The van der Waals surface area contributed by atoms with Crippen molar-refractivity contribution in [2.45, 2.75) is 26.0 Å². The van der Waals surface area contributed by atoms with E-state index in [1.54, 1.807) is 0 Å². The zero-order chi connectivity index (χ0) is 13.7. The van der Waals surface area contributed by atoms with Crippen LogP contribution in [0.15, 0.2) is 18.2 Å². The molecular weight excluding hydrogens is 240 g/mol. The fourth-order valence-corrected chi connectivity index (χ4v) is 1.54. The Morgan fingerprint density at radius 1 is 1.28 bits per heavy atom. The van der Waals surface area contributed by atoms with Gasteiger partial charge in [-0.3, -0.25) is 0 Å². The van der Waals surface area contributed by atoms with Gasteiger partial charge in [0.2, 0.25) is 0 Å². The van der Waals surface area contributed by atoms with Crippen molar-refractivity contribution in [2.75, 3.05) is 13.2 Å². The van der Waals surface area contributed by atoms with E-state index in [0.717, 1.165) is 12.1 Å². The third kappa shape index (κ3) is 4.01. The average Bonchev–Trinajstić information content (AvgIpc) is 2.34. The largest absolute Gasteiger partial charge is 0.396 e. The van der Waals surface area contributed by atoms with Crippen molar-refractivity contribution in [1.82, 2.24) is 5.32 Å². The van der Waals surface area contributed by atoms with Crippen LogP contribution in [0.1, 0.15) is 25.5 Å². The molecule has 0 heterocycles. The first kappa shape index (κ1) is 15.0. The first-order chi connectivity index (χ1) is 8.45. The van der Waals surface area contributed by atoms with Gasteiger partial charge in [-0.2, -0.15) is 0 Å². The van der Waals surface area contributed by atoms with Gasteiger partial charge in [0.25, 0.3) is 0 Å². The van der Waals surface area contributed by atoms with Gasteiger partial charge in [-0.1, -0.05) is 13.0 Å². The van der Waals surface area contributed by atoms with Gasteiger partial charge in [0.05, 0.1) is 6.10 Å². The number of aliphatic hydroxyl groups is 2. The molecule has 0 amide bonds. The lowest BCUT2D eigenvalue weighted by Crippen LogP contribution is -2.36. The topological polar surface area (TPSA) is 52.5 Å². The third-order valence-electron chi connectivity index (χ3n) is 3.10. The van der Waals surface area contributed by atoms with Crippen LogP contribution in [-0.2, 0) is 0 Å². The highest BCUT2D eigenvalue weighted by atomic mass is 19.1. The molecule has 0 aliphatic carbocycles. The molecule has 3 atom stereocenters. The number of aliphatic hydroxyl groups excluding tert-OH is 2. The van der Waals surface area contributed by atoms with Crippen LogP contribution in [-0.4, -0.2) is 29.4 Å². The summed E-state index contributed by atoms with van der Waals surface area (Å²) >= 11 is 0. The van der Waals surface area contributed by atoms with Crippen molar-refractivity contribution >= 4 is 0 Å². The van der Waals surface area contributed by atoms with Crippen molar-refractivity contribution < 1.29 is 19.0 Å². The zero-order valence-electron chi connectivity index (χ0n) is 10.5. The SMILES string of the molecule is CC(CO)C(C)NCC(O)c1ccc(F)cc1F. The number of hydrogen-bond donors (Lipinski definition) is 3. The number of rotatable bonds is 6. The summed E-state index contributed by atoms with van der Waals surface area (Å²) in [6.45, 7) is 3.92. The molecule has 0 fully saturated rings. The van der Waals surface area contributed by atoms with Crippen LogP contribution in [0.25, 0.3) is 0 Å². The van der Waals surface area contributed by atoms with Gasteiger partial charge in [-0.15, -0.1) is 0 Å². The van der Waals surface area contributed by atoms with Crippen molar-refractivity contribution in [3.05, 3.63) is 35.4 Å². The molecule has 0 aliphatic heterocycles. The van der Waals surface area contributed by atoms with Gasteiger partial charge >= 0.3 is 0 Å². The molecule has 0 saturated carbocycles. The van der Waals surface area contributed by atoms with E-state index >= 15 is 0 Å². The van der Waals surface area contributed by atoms with Gasteiger partial charge in [0.1, 0.15) is 11.6 Å².